The fraction of sp³-hybridized carbons (Fsp3) is 0.312. The number of carbonyl (C=O) groups is 1. The number of benzene rings is 1. The van der Waals surface area contributed by atoms with E-state index in [2.05, 4.69) is 12.1 Å². The van der Waals surface area contributed by atoms with Crippen LogP contribution in [0.15, 0.2) is 41.0 Å². The lowest BCUT2D eigenvalue weighted by atomic mass is 9.79. The van der Waals surface area contributed by atoms with Gasteiger partial charge in [-0.3, -0.25) is 4.79 Å². The van der Waals surface area contributed by atoms with Crippen molar-refractivity contribution in [1.29, 1.82) is 0 Å². The summed E-state index contributed by atoms with van der Waals surface area (Å²) in [5, 5.41) is 0. The molecule has 1 aromatic heterocycles. The van der Waals surface area contributed by atoms with Gasteiger partial charge in [-0.25, -0.2) is 0 Å². The summed E-state index contributed by atoms with van der Waals surface area (Å²) in [7, 11) is 0. The zero-order valence-electron chi connectivity index (χ0n) is 10.5. The fourth-order valence-electron chi connectivity index (χ4n) is 2.80. The SMILES string of the molecule is Cc1cc(C(=O)C2CCCc3ccccc32)co1. The molecule has 1 atom stereocenters. The first-order chi connectivity index (χ1) is 8.75. The van der Waals surface area contributed by atoms with Crippen molar-refractivity contribution in [1.82, 2.24) is 0 Å². The van der Waals surface area contributed by atoms with Crippen LogP contribution in [-0.2, 0) is 6.42 Å². The first-order valence-corrected chi connectivity index (χ1v) is 6.43. The van der Waals surface area contributed by atoms with Gasteiger partial charge in [0.25, 0.3) is 0 Å². The molecule has 3 rings (SSSR count). The molecule has 1 heterocycles. The van der Waals surface area contributed by atoms with Crippen molar-refractivity contribution >= 4 is 5.78 Å². The number of carbonyl (C=O) groups excluding carboxylic acids is 1. The van der Waals surface area contributed by atoms with E-state index in [4.69, 9.17) is 4.42 Å². The number of ketones is 1. The van der Waals surface area contributed by atoms with Gasteiger partial charge in [0.2, 0.25) is 0 Å². The maximum absolute atomic E-state index is 12.5. The predicted octanol–water partition coefficient (Wildman–Crippen LogP) is 3.89. The summed E-state index contributed by atoms with van der Waals surface area (Å²) >= 11 is 0. The average Bonchev–Trinajstić information content (AvgIpc) is 2.84. The second-order valence-electron chi connectivity index (χ2n) is 4.95. The Hall–Kier alpha value is -1.83. The Morgan fingerprint density at radius 2 is 2.17 bits per heavy atom. The van der Waals surface area contributed by atoms with Crippen LogP contribution >= 0.6 is 0 Å². The fourth-order valence-corrected chi connectivity index (χ4v) is 2.80. The highest BCUT2D eigenvalue weighted by Crippen LogP contribution is 2.34. The molecular weight excluding hydrogens is 224 g/mol. The molecule has 0 saturated heterocycles. The smallest absolute Gasteiger partial charge is 0.173 e. The van der Waals surface area contributed by atoms with Crippen LogP contribution in [0.1, 0.15) is 46.0 Å². The summed E-state index contributed by atoms with van der Waals surface area (Å²) in [5.41, 5.74) is 3.23. The standard InChI is InChI=1S/C16H16O2/c1-11-9-13(10-18-11)16(17)15-8-4-6-12-5-2-3-7-14(12)15/h2-3,5,7,9-10,15H,4,6,8H2,1H3. The summed E-state index contributed by atoms with van der Waals surface area (Å²) in [6.45, 7) is 1.87. The lowest BCUT2D eigenvalue weighted by Gasteiger charge is -2.23. The quantitative estimate of drug-likeness (QED) is 0.745. The molecule has 18 heavy (non-hydrogen) atoms. The lowest BCUT2D eigenvalue weighted by Crippen LogP contribution is -2.18. The van der Waals surface area contributed by atoms with Gasteiger partial charge >= 0.3 is 0 Å². The molecule has 0 bridgehead atoms. The summed E-state index contributed by atoms with van der Waals surface area (Å²) in [6.07, 6.45) is 4.70. The molecule has 1 aliphatic carbocycles. The third-order valence-corrected chi connectivity index (χ3v) is 3.70. The predicted molar refractivity (Wildman–Crippen MR) is 69.9 cm³/mol. The Balaban J connectivity index is 1.96. The number of rotatable bonds is 2. The van der Waals surface area contributed by atoms with Crippen LogP contribution < -0.4 is 0 Å². The largest absolute Gasteiger partial charge is 0.469 e. The Morgan fingerprint density at radius 1 is 1.33 bits per heavy atom. The van der Waals surface area contributed by atoms with Crippen molar-refractivity contribution in [2.75, 3.05) is 0 Å². The van der Waals surface area contributed by atoms with Crippen LogP contribution in [0.5, 0.6) is 0 Å². The molecule has 0 radical (unpaired) electrons. The maximum atomic E-state index is 12.5. The van der Waals surface area contributed by atoms with E-state index in [1.807, 2.05) is 25.1 Å². The zero-order chi connectivity index (χ0) is 12.5. The minimum atomic E-state index is 0.00644. The number of hydrogen-bond acceptors (Lipinski definition) is 2. The molecule has 1 aromatic carbocycles. The van der Waals surface area contributed by atoms with Crippen LogP contribution in [0, 0.1) is 6.92 Å². The molecule has 2 heteroatoms. The molecule has 2 nitrogen and oxygen atoms in total. The zero-order valence-corrected chi connectivity index (χ0v) is 10.5. The molecule has 0 spiro atoms. The van der Waals surface area contributed by atoms with E-state index >= 15 is 0 Å². The summed E-state index contributed by atoms with van der Waals surface area (Å²) in [6, 6.07) is 10.1. The Morgan fingerprint density at radius 3 is 2.94 bits per heavy atom. The molecular formula is C16H16O2. The van der Waals surface area contributed by atoms with Gasteiger partial charge in [-0.15, -0.1) is 0 Å². The van der Waals surface area contributed by atoms with Gasteiger partial charge in [0.15, 0.2) is 5.78 Å². The van der Waals surface area contributed by atoms with Gasteiger partial charge in [-0.2, -0.15) is 0 Å². The minimum Gasteiger partial charge on any atom is -0.469 e. The van der Waals surface area contributed by atoms with Crippen LogP contribution in [0.3, 0.4) is 0 Å². The second-order valence-corrected chi connectivity index (χ2v) is 4.95. The Kier molecular flexibility index (Phi) is 2.78. The highest BCUT2D eigenvalue weighted by atomic mass is 16.3. The van der Waals surface area contributed by atoms with Crippen LogP contribution in [0.25, 0.3) is 0 Å². The Bertz CT molecular complexity index is 580. The molecule has 1 unspecified atom stereocenters. The average molecular weight is 240 g/mol. The van der Waals surface area contributed by atoms with Gasteiger partial charge in [0.1, 0.15) is 12.0 Å². The molecule has 92 valence electrons. The highest BCUT2D eigenvalue weighted by molar-refractivity contribution is 6.01. The van der Waals surface area contributed by atoms with Crippen LogP contribution in [-0.4, -0.2) is 5.78 Å². The van der Waals surface area contributed by atoms with Gasteiger partial charge in [0.05, 0.1) is 5.56 Å². The van der Waals surface area contributed by atoms with Gasteiger partial charge in [-0.05, 0) is 43.4 Å². The number of hydrogen-bond donors (Lipinski definition) is 0. The van der Waals surface area contributed by atoms with Crippen molar-refractivity contribution in [2.45, 2.75) is 32.1 Å². The molecule has 0 N–H and O–H groups in total. The highest BCUT2D eigenvalue weighted by Gasteiger charge is 2.27. The van der Waals surface area contributed by atoms with Gasteiger partial charge in [0, 0.05) is 5.92 Å². The number of furan rings is 1. The third kappa shape index (κ3) is 1.88. The molecule has 1 aliphatic rings. The van der Waals surface area contributed by atoms with Crippen molar-refractivity contribution in [2.24, 2.45) is 0 Å². The number of Topliss-reactive ketones (excluding diaryl/α,β-unsaturated/α-hetero) is 1. The van der Waals surface area contributed by atoms with Crippen molar-refractivity contribution < 1.29 is 9.21 Å². The first-order valence-electron chi connectivity index (χ1n) is 6.43. The van der Waals surface area contributed by atoms with Crippen LogP contribution in [0.4, 0.5) is 0 Å². The lowest BCUT2D eigenvalue weighted by molar-refractivity contribution is 0.0950. The molecule has 0 fully saturated rings. The summed E-state index contributed by atoms with van der Waals surface area (Å²) in [4.78, 5) is 12.5. The summed E-state index contributed by atoms with van der Waals surface area (Å²) < 4.78 is 5.24. The topological polar surface area (TPSA) is 30.2 Å². The first kappa shape index (κ1) is 11.3. The van der Waals surface area contributed by atoms with E-state index < -0.39 is 0 Å². The summed E-state index contributed by atoms with van der Waals surface area (Å²) in [5.74, 6) is 0.994. The monoisotopic (exact) mass is 240 g/mol. The van der Waals surface area contributed by atoms with Gasteiger partial charge in [-0.1, -0.05) is 24.3 Å². The maximum Gasteiger partial charge on any atom is 0.173 e. The molecule has 0 amide bonds. The van der Waals surface area contributed by atoms with Crippen molar-refractivity contribution in [3.05, 3.63) is 59.0 Å². The van der Waals surface area contributed by atoms with E-state index in [1.165, 1.54) is 11.1 Å². The second kappa shape index (κ2) is 4.45. The van der Waals surface area contributed by atoms with Crippen molar-refractivity contribution in [3.8, 4) is 0 Å². The molecule has 0 saturated carbocycles. The van der Waals surface area contributed by atoms with Crippen LogP contribution in [0.2, 0.25) is 0 Å². The van der Waals surface area contributed by atoms with E-state index in [0.717, 1.165) is 25.0 Å². The van der Waals surface area contributed by atoms with E-state index in [1.54, 1.807) is 6.26 Å². The van der Waals surface area contributed by atoms with Gasteiger partial charge < -0.3 is 4.42 Å². The number of fused-ring (bicyclic) bond motifs is 1. The molecule has 2 aromatic rings. The minimum absolute atomic E-state index is 0.00644. The van der Waals surface area contributed by atoms with Crippen molar-refractivity contribution in [3.63, 3.8) is 0 Å². The third-order valence-electron chi connectivity index (χ3n) is 3.70. The Labute approximate surface area is 107 Å². The normalized spacial score (nSPS) is 18.4. The van der Waals surface area contributed by atoms with E-state index in [9.17, 15) is 4.79 Å². The molecule has 0 aliphatic heterocycles. The van der Waals surface area contributed by atoms with E-state index in [0.29, 0.717) is 5.56 Å². The number of aryl methyl sites for hydroxylation is 2. The van der Waals surface area contributed by atoms with E-state index in [-0.39, 0.29) is 11.7 Å².